The van der Waals surface area contributed by atoms with Gasteiger partial charge in [0.2, 0.25) is 5.91 Å². The Morgan fingerprint density at radius 2 is 1.88 bits per heavy atom. The lowest BCUT2D eigenvalue weighted by molar-refractivity contribution is -0.134. The van der Waals surface area contributed by atoms with Crippen LogP contribution < -0.4 is 0 Å². The molecule has 4 rings (SSSR count). The average molecular weight is 358 g/mol. The first-order valence-electron chi connectivity index (χ1n) is 8.96. The summed E-state index contributed by atoms with van der Waals surface area (Å²) in [7, 11) is 0. The molecule has 3 nitrogen and oxygen atoms in total. The van der Waals surface area contributed by atoms with Crippen molar-refractivity contribution < 1.29 is 9.18 Å². The van der Waals surface area contributed by atoms with Crippen molar-refractivity contribution in [2.75, 3.05) is 26.2 Å². The molecule has 1 saturated heterocycles. The number of hydrogen-bond acceptors (Lipinski definition) is 3. The third-order valence-corrected chi connectivity index (χ3v) is 6.39. The predicted octanol–water partition coefficient (Wildman–Crippen LogP) is 3.85. The lowest BCUT2D eigenvalue weighted by atomic mass is 10.2. The van der Waals surface area contributed by atoms with Crippen LogP contribution >= 0.6 is 11.3 Å². The summed E-state index contributed by atoms with van der Waals surface area (Å²) in [4.78, 5) is 18.9. The first-order chi connectivity index (χ1) is 12.1. The summed E-state index contributed by atoms with van der Waals surface area (Å²) in [5, 5.41) is 0. The number of amides is 1. The number of nitrogens with zero attached hydrogens (tertiary/aromatic N) is 2. The normalized spacial score (nSPS) is 23.7. The van der Waals surface area contributed by atoms with E-state index in [1.165, 1.54) is 10.9 Å². The van der Waals surface area contributed by atoms with Crippen molar-refractivity contribution in [2.24, 2.45) is 11.8 Å². The second-order valence-electron chi connectivity index (χ2n) is 7.17. The molecule has 1 aliphatic carbocycles. The average Bonchev–Trinajstić information content (AvgIpc) is 3.17. The van der Waals surface area contributed by atoms with Crippen LogP contribution in [-0.4, -0.2) is 41.9 Å². The molecule has 1 saturated carbocycles. The molecule has 2 fully saturated rings. The molecule has 1 aliphatic heterocycles. The van der Waals surface area contributed by atoms with Gasteiger partial charge in [0.15, 0.2) is 0 Å². The maximum absolute atomic E-state index is 13.9. The van der Waals surface area contributed by atoms with Gasteiger partial charge in [0.25, 0.3) is 0 Å². The van der Waals surface area contributed by atoms with Gasteiger partial charge in [-0.1, -0.05) is 25.1 Å². The SMILES string of the molecule is CC1CC1C(=O)N1CCN(Cc2ccc(-c3ccccc3F)s2)CC1. The highest BCUT2D eigenvalue weighted by molar-refractivity contribution is 7.15. The standard InChI is InChI=1S/C20H23FN2OS/c1-14-12-17(14)20(24)23-10-8-22(9-11-23)13-15-6-7-19(25-15)16-4-2-3-5-18(16)21/h2-7,14,17H,8-13H2,1H3. The van der Waals surface area contributed by atoms with E-state index in [1.807, 2.05) is 23.1 Å². The summed E-state index contributed by atoms with van der Waals surface area (Å²) in [6.07, 6.45) is 1.06. The van der Waals surface area contributed by atoms with E-state index in [4.69, 9.17) is 0 Å². The molecule has 132 valence electrons. The zero-order valence-electron chi connectivity index (χ0n) is 14.5. The Labute approximate surface area is 152 Å². The van der Waals surface area contributed by atoms with Crippen LogP contribution in [0.3, 0.4) is 0 Å². The molecule has 2 heterocycles. The predicted molar refractivity (Wildman–Crippen MR) is 98.8 cm³/mol. The maximum atomic E-state index is 13.9. The molecular formula is C20H23FN2OS. The van der Waals surface area contributed by atoms with Crippen LogP contribution in [0.4, 0.5) is 4.39 Å². The molecule has 1 aromatic heterocycles. The number of halogens is 1. The van der Waals surface area contributed by atoms with E-state index in [9.17, 15) is 9.18 Å². The van der Waals surface area contributed by atoms with Crippen molar-refractivity contribution in [3.05, 3.63) is 47.1 Å². The number of piperazine rings is 1. The van der Waals surface area contributed by atoms with Gasteiger partial charge < -0.3 is 4.90 Å². The van der Waals surface area contributed by atoms with E-state index in [0.29, 0.717) is 17.4 Å². The highest BCUT2D eigenvalue weighted by Gasteiger charge is 2.41. The van der Waals surface area contributed by atoms with Gasteiger partial charge in [-0.15, -0.1) is 11.3 Å². The minimum absolute atomic E-state index is 0.169. The lowest BCUT2D eigenvalue weighted by Crippen LogP contribution is -2.48. The van der Waals surface area contributed by atoms with E-state index in [-0.39, 0.29) is 11.7 Å². The van der Waals surface area contributed by atoms with E-state index < -0.39 is 0 Å². The van der Waals surface area contributed by atoms with E-state index in [0.717, 1.165) is 44.0 Å². The van der Waals surface area contributed by atoms with Crippen LogP contribution in [-0.2, 0) is 11.3 Å². The molecule has 0 N–H and O–H groups in total. The fourth-order valence-electron chi connectivity index (χ4n) is 3.52. The Morgan fingerprint density at radius 3 is 2.56 bits per heavy atom. The van der Waals surface area contributed by atoms with Gasteiger partial charge in [-0.3, -0.25) is 9.69 Å². The fraction of sp³-hybridized carbons (Fsp3) is 0.450. The fourth-order valence-corrected chi connectivity index (χ4v) is 4.59. The smallest absolute Gasteiger partial charge is 0.226 e. The van der Waals surface area contributed by atoms with E-state index >= 15 is 0 Å². The molecule has 2 aliphatic rings. The van der Waals surface area contributed by atoms with Crippen molar-refractivity contribution in [2.45, 2.75) is 19.9 Å². The van der Waals surface area contributed by atoms with Crippen LogP contribution in [0.2, 0.25) is 0 Å². The summed E-state index contributed by atoms with van der Waals surface area (Å²) in [5.74, 6) is 1.04. The first kappa shape index (κ1) is 16.7. The zero-order valence-corrected chi connectivity index (χ0v) is 15.3. The number of carbonyl (C=O) groups is 1. The quantitative estimate of drug-likeness (QED) is 0.829. The second-order valence-corrected chi connectivity index (χ2v) is 8.34. The third-order valence-electron chi connectivity index (χ3n) is 5.29. The molecule has 2 unspecified atom stereocenters. The molecule has 2 atom stereocenters. The molecule has 2 aromatic rings. The van der Waals surface area contributed by atoms with Crippen molar-refractivity contribution in [1.82, 2.24) is 9.80 Å². The maximum Gasteiger partial charge on any atom is 0.226 e. The second kappa shape index (κ2) is 6.89. The van der Waals surface area contributed by atoms with Gasteiger partial charge in [-0.2, -0.15) is 0 Å². The summed E-state index contributed by atoms with van der Waals surface area (Å²) in [6.45, 7) is 6.52. The van der Waals surface area contributed by atoms with Crippen molar-refractivity contribution in [1.29, 1.82) is 0 Å². The summed E-state index contributed by atoms with van der Waals surface area (Å²) in [5.41, 5.74) is 0.674. The Bertz CT molecular complexity index is 767. The zero-order chi connectivity index (χ0) is 17.4. The number of rotatable bonds is 4. The summed E-state index contributed by atoms with van der Waals surface area (Å²) in [6, 6.07) is 11.0. The number of thiophene rings is 1. The van der Waals surface area contributed by atoms with Crippen LogP contribution in [0, 0.1) is 17.7 Å². The molecule has 0 bridgehead atoms. The number of benzene rings is 1. The Hall–Kier alpha value is -1.72. The first-order valence-corrected chi connectivity index (χ1v) is 9.78. The van der Waals surface area contributed by atoms with Crippen molar-refractivity contribution >= 4 is 17.2 Å². The molecule has 0 spiro atoms. The van der Waals surface area contributed by atoms with Crippen LogP contribution in [0.5, 0.6) is 0 Å². The minimum atomic E-state index is -0.169. The number of hydrogen-bond donors (Lipinski definition) is 0. The van der Waals surface area contributed by atoms with E-state index in [1.54, 1.807) is 17.4 Å². The molecule has 25 heavy (non-hydrogen) atoms. The summed E-state index contributed by atoms with van der Waals surface area (Å²) < 4.78 is 13.9. The molecule has 5 heteroatoms. The van der Waals surface area contributed by atoms with Crippen LogP contribution in [0.15, 0.2) is 36.4 Å². The highest BCUT2D eigenvalue weighted by atomic mass is 32.1. The van der Waals surface area contributed by atoms with Crippen molar-refractivity contribution in [3.63, 3.8) is 0 Å². The van der Waals surface area contributed by atoms with Crippen LogP contribution in [0.1, 0.15) is 18.2 Å². The third kappa shape index (κ3) is 3.62. The molecule has 0 radical (unpaired) electrons. The largest absolute Gasteiger partial charge is 0.340 e. The molecular weight excluding hydrogens is 335 g/mol. The number of carbonyl (C=O) groups excluding carboxylic acids is 1. The Morgan fingerprint density at radius 1 is 1.16 bits per heavy atom. The van der Waals surface area contributed by atoms with Gasteiger partial charge in [0.05, 0.1) is 0 Å². The van der Waals surface area contributed by atoms with Crippen molar-refractivity contribution in [3.8, 4) is 10.4 Å². The Kier molecular flexibility index (Phi) is 4.61. The monoisotopic (exact) mass is 358 g/mol. The minimum Gasteiger partial charge on any atom is -0.340 e. The van der Waals surface area contributed by atoms with Gasteiger partial charge in [0, 0.05) is 54.0 Å². The highest BCUT2D eigenvalue weighted by Crippen LogP contribution is 2.39. The van der Waals surface area contributed by atoms with Crippen LogP contribution in [0.25, 0.3) is 10.4 Å². The lowest BCUT2D eigenvalue weighted by Gasteiger charge is -2.34. The van der Waals surface area contributed by atoms with E-state index in [2.05, 4.69) is 17.9 Å². The Balaban J connectivity index is 1.33. The van der Waals surface area contributed by atoms with Gasteiger partial charge in [-0.05, 0) is 30.5 Å². The molecule has 1 aromatic carbocycles. The van der Waals surface area contributed by atoms with Gasteiger partial charge in [-0.25, -0.2) is 4.39 Å². The van der Waals surface area contributed by atoms with Gasteiger partial charge >= 0.3 is 0 Å². The summed E-state index contributed by atoms with van der Waals surface area (Å²) >= 11 is 1.65. The topological polar surface area (TPSA) is 23.6 Å². The molecule has 1 amide bonds. The van der Waals surface area contributed by atoms with Gasteiger partial charge in [0.1, 0.15) is 5.82 Å².